The predicted molar refractivity (Wildman–Crippen MR) is 138 cm³/mol. The quantitative estimate of drug-likeness (QED) is 0.178. The minimum atomic E-state index is -0.524. The second kappa shape index (κ2) is 11.4. The SMILES string of the molecule is COc1cc(/C=C(/C#N)C(=O)Nc2ccc(Cl)cc2)cc(Br)c1OCc1ccc(I)cc1. The van der Waals surface area contributed by atoms with Crippen molar-refractivity contribution in [2.24, 2.45) is 0 Å². The molecular weight excluding hydrogens is 607 g/mol. The van der Waals surface area contributed by atoms with Crippen LogP contribution in [0.5, 0.6) is 11.5 Å². The number of anilines is 1. The van der Waals surface area contributed by atoms with Gasteiger partial charge in [-0.25, -0.2) is 0 Å². The summed E-state index contributed by atoms with van der Waals surface area (Å²) in [6.07, 6.45) is 1.49. The Morgan fingerprint density at radius 1 is 1.19 bits per heavy atom. The molecule has 0 heterocycles. The summed E-state index contributed by atoms with van der Waals surface area (Å²) in [6, 6.07) is 20.1. The van der Waals surface area contributed by atoms with Crippen molar-refractivity contribution in [3.8, 4) is 17.6 Å². The minimum absolute atomic E-state index is 0.0542. The van der Waals surface area contributed by atoms with Crippen molar-refractivity contribution in [2.75, 3.05) is 12.4 Å². The van der Waals surface area contributed by atoms with Gasteiger partial charge in [0.1, 0.15) is 18.2 Å². The van der Waals surface area contributed by atoms with Gasteiger partial charge in [0.15, 0.2) is 11.5 Å². The van der Waals surface area contributed by atoms with E-state index in [1.165, 1.54) is 13.2 Å². The maximum absolute atomic E-state index is 12.5. The summed E-state index contributed by atoms with van der Waals surface area (Å²) in [5.74, 6) is 0.489. The summed E-state index contributed by atoms with van der Waals surface area (Å²) in [4.78, 5) is 12.5. The molecule has 0 saturated carbocycles. The van der Waals surface area contributed by atoms with Crippen LogP contribution in [0, 0.1) is 14.9 Å². The highest BCUT2D eigenvalue weighted by molar-refractivity contribution is 14.1. The monoisotopic (exact) mass is 622 g/mol. The number of hydrogen-bond acceptors (Lipinski definition) is 4. The van der Waals surface area contributed by atoms with Crippen LogP contribution in [0.2, 0.25) is 5.02 Å². The Kier molecular flexibility index (Phi) is 8.56. The molecule has 0 aromatic heterocycles. The first-order valence-electron chi connectivity index (χ1n) is 9.33. The van der Waals surface area contributed by atoms with Crippen LogP contribution in [0.15, 0.2) is 70.7 Å². The van der Waals surface area contributed by atoms with Crippen LogP contribution in [-0.2, 0) is 11.4 Å². The third kappa shape index (κ3) is 6.48. The molecule has 3 aromatic carbocycles. The molecule has 0 atom stereocenters. The van der Waals surface area contributed by atoms with Gasteiger partial charge in [-0.05, 0) is 104 Å². The summed E-state index contributed by atoms with van der Waals surface area (Å²) in [7, 11) is 1.53. The maximum atomic E-state index is 12.5. The van der Waals surface area contributed by atoms with Gasteiger partial charge in [-0.2, -0.15) is 5.26 Å². The first-order chi connectivity index (χ1) is 15.4. The maximum Gasteiger partial charge on any atom is 0.266 e. The molecule has 0 aliphatic carbocycles. The van der Waals surface area contributed by atoms with E-state index in [1.807, 2.05) is 30.3 Å². The molecule has 5 nitrogen and oxygen atoms in total. The van der Waals surface area contributed by atoms with Crippen LogP contribution in [0.25, 0.3) is 6.08 Å². The van der Waals surface area contributed by atoms with Crippen molar-refractivity contribution in [1.29, 1.82) is 5.26 Å². The summed E-state index contributed by atoms with van der Waals surface area (Å²) in [5, 5.41) is 12.7. The zero-order valence-corrected chi connectivity index (χ0v) is 21.4. The van der Waals surface area contributed by atoms with Gasteiger partial charge in [-0.15, -0.1) is 0 Å². The van der Waals surface area contributed by atoms with Crippen molar-refractivity contribution in [2.45, 2.75) is 6.61 Å². The molecule has 0 spiro atoms. The van der Waals surface area contributed by atoms with E-state index in [0.717, 1.165) is 9.13 Å². The van der Waals surface area contributed by atoms with Gasteiger partial charge in [-0.3, -0.25) is 4.79 Å². The number of nitriles is 1. The first-order valence-corrected chi connectivity index (χ1v) is 11.6. The number of amides is 1. The molecule has 3 aromatic rings. The van der Waals surface area contributed by atoms with Crippen molar-refractivity contribution in [1.82, 2.24) is 0 Å². The van der Waals surface area contributed by atoms with E-state index >= 15 is 0 Å². The number of nitrogens with one attached hydrogen (secondary N) is 1. The van der Waals surface area contributed by atoms with E-state index in [2.05, 4.69) is 43.8 Å². The molecule has 0 radical (unpaired) electrons. The van der Waals surface area contributed by atoms with Crippen molar-refractivity contribution < 1.29 is 14.3 Å². The molecule has 1 amide bonds. The Balaban J connectivity index is 1.80. The minimum Gasteiger partial charge on any atom is -0.493 e. The molecular formula is C24H17BrClIN2O3. The lowest BCUT2D eigenvalue weighted by molar-refractivity contribution is -0.112. The summed E-state index contributed by atoms with van der Waals surface area (Å²) in [5.41, 5.74) is 2.12. The van der Waals surface area contributed by atoms with Crippen LogP contribution >= 0.6 is 50.1 Å². The highest BCUT2D eigenvalue weighted by Crippen LogP contribution is 2.38. The highest BCUT2D eigenvalue weighted by atomic mass is 127. The lowest BCUT2D eigenvalue weighted by Crippen LogP contribution is -2.13. The number of methoxy groups -OCH3 is 1. The number of halogens is 3. The number of benzene rings is 3. The molecule has 8 heteroatoms. The van der Waals surface area contributed by atoms with Crippen LogP contribution < -0.4 is 14.8 Å². The smallest absolute Gasteiger partial charge is 0.266 e. The number of nitrogens with zero attached hydrogens (tertiary/aromatic N) is 1. The molecule has 0 fully saturated rings. The Morgan fingerprint density at radius 2 is 1.88 bits per heavy atom. The summed E-state index contributed by atoms with van der Waals surface area (Å²) >= 11 is 11.6. The van der Waals surface area contributed by atoms with Gasteiger partial charge in [-0.1, -0.05) is 23.7 Å². The molecule has 0 aliphatic rings. The van der Waals surface area contributed by atoms with Crippen molar-refractivity contribution in [3.63, 3.8) is 0 Å². The normalized spacial score (nSPS) is 10.9. The zero-order valence-electron chi connectivity index (χ0n) is 16.9. The topological polar surface area (TPSA) is 71.3 Å². The molecule has 3 rings (SSSR count). The van der Waals surface area contributed by atoms with Crippen LogP contribution in [0.1, 0.15) is 11.1 Å². The number of ether oxygens (including phenoxy) is 2. The molecule has 0 saturated heterocycles. The Labute approximate surface area is 213 Å². The van der Waals surface area contributed by atoms with Gasteiger partial charge in [0, 0.05) is 14.3 Å². The fourth-order valence-electron chi connectivity index (χ4n) is 2.75. The largest absolute Gasteiger partial charge is 0.493 e. The van der Waals surface area contributed by atoms with Crippen molar-refractivity contribution in [3.05, 3.63) is 90.4 Å². The van der Waals surface area contributed by atoms with Crippen LogP contribution in [0.3, 0.4) is 0 Å². The average Bonchev–Trinajstić information content (AvgIpc) is 2.79. The Bertz CT molecular complexity index is 1190. The third-order valence-electron chi connectivity index (χ3n) is 4.33. The lowest BCUT2D eigenvalue weighted by atomic mass is 10.1. The predicted octanol–water partition coefficient (Wildman–Crippen LogP) is 6.84. The Morgan fingerprint density at radius 3 is 2.50 bits per heavy atom. The second-order valence-corrected chi connectivity index (χ2v) is 9.12. The fraction of sp³-hybridized carbons (Fsp3) is 0.0833. The van der Waals surface area contributed by atoms with Gasteiger partial charge in [0.05, 0.1) is 11.6 Å². The van der Waals surface area contributed by atoms with Crippen molar-refractivity contribution >= 4 is 67.8 Å². The molecule has 32 heavy (non-hydrogen) atoms. The highest BCUT2D eigenvalue weighted by Gasteiger charge is 2.14. The molecule has 0 unspecified atom stereocenters. The zero-order chi connectivity index (χ0) is 23.1. The van der Waals surface area contributed by atoms with E-state index in [0.29, 0.717) is 38.9 Å². The van der Waals surface area contributed by atoms with Gasteiger partial charge < -0.3 is 14.8 Å². The van der Waals surface area contributed by atoms with E-state index in [9.17, 15) is 10.1 Å². The van der Waals surface area contributed by atoms with Crippen LogP contribution in [-0.4, -0.2) is 13.0 Å². The van der Waals surface area contributed by atoms with Gasteiger partial charge >= 0.3 is 0 Å². The number of hydrogen-bond donors (Lipinski definition) is 1. The molecule has 1 N–H and O–H groups in total. The molecule has 0 bridgehead atoms. The van der Waals surface area contributed by atoms with Gasteiger partial charge in [0.25, 0.3) is 5.91 Å². The van der Waals surface area contributed by atoms with E-state index in [4.69, 9.17) is 21.1 Å². The second-order valence-electron chi connectivity index (χ2n) is 6.58. The molecule has 0 aliphatic heterocycles. The third-order valence-corrected chi connectivity index (χ3v) is 5.89. The number of rotatable bonds is 7. The lowest BCUT2D eigenvalue weighted by Gasteiger charge is -2.14. The Hall–Kier alpha value is -2.54. The number of carbonyl (C=O) groups is 1. The standard InChI is InChI=1S/C24H17BrClIN2O3/c1-31-22-12-16(10-17(13-28)24(30)29-20-8-4-18(26)5-9-20)11-21(25)23(22)32-14-15-2-6-19(27)7-3-15/h2-12H,14H2,1H3,(H,29,30)/b17-10-. The van der Waals surface area contributed by atoms with E-state index in [1.54, 1.807) is 36.4 Å². The average molecular weight is 624 g/mol. The first kappa shape index (κ1) is 24.1. The summed E-state index contributed by atoms with van der Waals surface area (Å²) < 4.78 is 13.2. The number of carbonyl (C=O) groups excluding carboxylic acids is 1. The van der Waals surface area contributed by atoms with E-state index < -0.39 is 5.91 Å². The van der Waals surface area contributed by atoms with Crippen LogP contribution in [0.4, 0.5) is 5.69 Å². The van der Waals surface area contributed by atoms with Gasteiger partial charge in [0.2, 0.25) is 0 Å². The molecule has 162 valence electrons. The fourth-order valence-corrected chi connectivity index (χ4v) is 3.81. The van der Waals surface area contributed by atoms with E-state index in [-0.39, 0.29) is 5.57 Å². The summed E-state index contributed by atoms with van der Waals surface area (Å²) in [6.45, 7) is 0.369.